The van der Waals surface area contributed by atoms with Crippen molar-refractivity contribution in [3.8, 4) is 5.75 Å². The lowest BCUT2D eigenvalue weighted by atomic mass is 9.95. The Labute approximate surface area is 126 Å². The van der Waals surface area contributed by atoms with Gasteiger partial charge in [-0.1, -0.05) is 0 Å². The molecule has 1 aliphatic heterocycles. The molecule has 1 aliphatic rings. The first-order valence-electron chi connectivity index (χ1n) is 7.57. The van der Waals surface area contributed by atoms with Crippen LogP contribution in [0.4, 0.5) is 5.82 Å². The normalized spacial score (nSPS) is 17.0. The van der Waals surface area contributed by atoms with Crippen LogP contribution in [-0.4, -0.2) is 42.0 Å². The maximum Gasteiger partial charge on any atom is 0.228 e. The zero-order chi connectivity index (χ0) is 15.4. The van der Waals surface area contributed by atoms with E-state index in [0.29, 0.717) is 17.6 Å². The topological polar surface area (TPSA) is 54.5 Å². The zero-order valence-electron chi connectivity index (χ0n) is 13.3. The number of nitrogens with one attached hydrogen (secondary N) is 1. The first-order valence-corrected chi connectivity index (χ1v) is 7.57. The maximum absolute atomic E-state index is 12.4. The Morgan fingerprint density at radius 2 is 2.05 bits per heavy atom. The van der Waals surface area contributed by atoms with Gasteiger partial charge >= 0.3 is 0 Å². The van der Waals surface area contributed by atoms with E-state index in [4.69, 9.17) is 4.74 Å². The van der Waals surface area contributed by atoms with Crippen LogP contribution >= 0.6 is 0 Å². The van der Waals surface area contributed by atoms with Gasteiger partial charge in [-0.2, -0.15) is 0 Å². The van der Waals surface area contributed by atoms with Crippen molar-refractivity contribution in [3.05, 3.63) is 17.8 Å². The molecule has 0 saturated carbocycles. The van der Waals surface area contributed by atoms with Crippen molar-refractivity contribution in [2.24, 2.45) is 5.92 Å². The summed E-state index contributed by atoms with van der Waals surface area (Å²) in [5, 5.41) is 2.92. The number of carbonyl (C=O) groups is 1. The Bertz CT molecular complexity index is 494. The molecular weight excluding hydrogens is 266 g/mol. The van der Waals surface area contributed by atoms with Gasteiger partial charge in [-0.25, -0.2) is 4.98 Å². The number of hydrogen-bond donors (Lipinski definition) is 1. The number of aryl methyl sites for hydroxylation is 1. The SMILES string of the molecule is COc1ccc(C)nc1NC(=O)C1CCN(C(C)C)CC1. The summed E-state index contributed by atoms with van der Waals surface area (Å²) in [4.78, 5) is 19.2. The van der Waals surface area contributed by atoms with E-state index in [1.165, 1.54) is 0 Å². The van der Waals surface area contributed by atoms with E-state index in [-0.39, 0.29) is 11.8 Å². The van der Waals surface area contributed by atoms with Gasteiger partial charge in [0.1, 0.15) is 0 Å². The molecule has 1 amide bonds. The second kappa shape index (κ2) is 6.89. The quantitative estimate of drug-likeness (QED) is 0.926. The standard InChI is InChI=1S/C16H25N3O2/c1-11(2)19-9-7-13(8-10-19)16(20)18-15-14(21-4)6-5-12(3)17-15/h5-6,11,13H,7-10H2,1-4H3,(H,17,18,20). The molecule has 0 radical (unpaired) electrons. The number of carbonyl (C=O) groups excluding carboxylic acids is 1. The minimum absolute atomic E-state index is 0.0507. The van der Waals surface area contributed by atoms with E-state index in [9.17, 15) is 4.79 Å². The number of likely N-dealkylation sites (tertiary alicyclic amines) is 1. The molecule has 0 atom stereocenters. The Hall–Kier alpha value is -1.62. The van der Waals surface area contributed by atoms with E-state index in [2.05, 4.69) is 29.0 Å². The summed E-state index contributed by atoms with van der Waals surface area (Å²) in [6.45, 7) is 8.25. The van der Waals surface area contributed by atoms with E-state index in [0.717, 1.165) is 31.6 Å². The van der Waals surface area contributed by atoms with E-state index >= 15 is 0 Å². The fourth-order valence-electron chi connectivity index (χ4n) is 2.70. The highest BCUT2D eigenvalue weighted by atomic mass is 16.5. The van der Waals surface area contributed by atoms with Crippen LogP contribution in [-0.2, 0) is 4.79 Å². The summed E-state index contributed by atoms with van der Waals surface area (Å²) >= 11 is 0. The first kappa shape index (κ1) is 15.8. The molecular formula is C16H25N3O2. The van der Waals surface area contributed by atoms with Gasteiger partial charge in [-0.3, -0.25) is 4.79 Å². The van der Waals surface area contributed by atoms with Crippen molar-refractivity contribution in [1.82, 2.24) is 9.88 Å². The van der Waals surface area contributed by atoms with Crippen LogP contribution in [0, 0.1) is 12.8 Å². The average molecular weight is 291 g/mol. The maximum atomic E-state index is 12.4. The molecule has 2 heterocycles. The third-order valence-corrected chi connectivity index (χ3v) is 4.09. The largest absolute Gasteiger partial charge is 0.493 e. The Balaban J connectivity index is 1.98. The molecule has 0 aromatic carbocycles. The van der Waals surface area contributed by atoms with E-state index in [1.807, 2.05) is 19.1 Å². The molecule has 1 aromatic rings. The van der Waals surface area contributed by atoms with Gasteiger partial charge < -0.3 is 15.0 Å². The fraction of sp³-hybridized carbons (Fsp3) is 0.625. The lowest BCUT2D eigenvalue weighted by molar-refractivity contribution is -0.121. The van der Waals surface area contributed by atoms with Crippen LogP contribution in [0.25, 0.3) is 0 Å². The summed E-state index contributed by atoms with van der Waals surface area (Å²) < 4.78 is 5.25. The van der Waals surface area contributed by atoms with Gasteiger partial charge in [0.15, 0.2) is 11.6 Å². The van der Waals surface area contributed by atoms with Crippen molar-refractivity contribution in [2.75, 3.05) is 25.5 Å². The number of rotatable bonds is 4. The zero-order valence-corrected chi connectivity index (χ0v) is 13.3. The second-order valence-corrected chi connectivity index (χ2v) is 5.90. The van der Waals surface area contributed by atoms with Crippen molar-refractivity contribution in [3.63, 3.8) is 0 Å². The van der Waals surface area contributed by atoms with Gasteiger partial charge in [0.05, 0.1) is 7.11 Å². The molecule has 1 N–H and O–H groups in total. The highest BCUT2D eigenvalue weighted by Crippen LogP contribution is 2.25. The number of pyridine rings is 1. The minimum atomic E-state index is 0.0507. The molecule has 0 bridgehead atoms. The van der Waals surface area contributed by atoms with Crippen LogP contribution in [0.5, 0.6) is 5.75 Å². The van der Waals surface area contributed by atoms with Crippen LogP contribution in [0.1, 0.15) is 32.4 Å². The van der Waals surface area contributed by atoms with Gasteiger partial charge in [0.25, 0.3) is 0 Å². The number of anilines is 1. The summed E-state index contributed by atoms with van der Waals surface area (Å²) in [7, 11) is 1.59. The molecule has 5 nitrogen and oxygen atoms in total. The molecule has 0 unspecified atom stereocenters. The van der Waals surface area contributed by atoms with E-state index in [1.54, 1.807) is 7.11 Å². The summed E-state index contributed by atoms with van der Waals surface area (Å²) in [6, 6.07) is 4.25. The molecule has 0 aliphatic carbocycles. The summed E-state index contributed by atoms with van der Waals surface area (Å²) in [5.41, 5.74) is 0.862. The lowest BCUT2D eigenvalue weighted by Crippen LogP contribution is -2.41. The number of ether oxygens (including phenoxy) is 1. The summed E-state index contributed by atoms with van der Waals surface area (Å²) in [5.74, 6) is 1.24. The molecule has 1 saturated heterocycles. The van der Waals surface area contributed by atoms with Crippen molar-refractivity contribution in [1.29, 1.82) is 0 Å². The average Bonchev–Trinajstić information content (AvgIpc) is 2.47. The third kappa shape index (κ3) is 3.94. The minimum Gasteiger partial charge on any atom is -0.493 e. The van der Waals surface area contributed by atoms with Gasteiger partial charge in [-0.05, 0) is 58.8 Å². The molecule has 116 valence electrons. The Morgan fingerprint density at radius 3 is 2.62 bits per heavy atom. The van der Waals surface area contributed by atoms with Gasteiger partial charge in [0.2, 0.25) is 5.91 Å². The van der Waals surface area contributed by atoms with Crippen LogP contribution in [0.3, 0.4) is 0 Å². The molecule has 2 rings (SSSR count). The molecule has 0 spiro atoms. The van der Waals surface area contributed by atoms with Crippen LogP contribution < -0.4 is 10.1 Å². The lowest BCUT2D eigenvalue weighted by Gasteiger charge is -2.33. The number of piperidine rings is 1. The number of hydrogen-bond acceptors (Lipinski definition) is 4. The first-order chi connectivity index (χ1) is 10.0. The number of methoxy groups -OCH3 is 1. The number of nitrogens with zero attached hydrogens (tertiary/aromatic N) is 2. The predicted octanol–water partition coefficient (Wildman–Crippen LogP) is 2.46. The second-order valence-electron chi connectivity index (χ2n) is 5.90. The number of amides is 1. The van der Waals surface area contributed by atoms with Crippen molar-refractivity contribution in [2.45, 2.75) is 39.7 Å². The Kier molecular flexibility index (Phi) is 5.17. The number of aromatic nitrogens is 1. The molecule has 21 heavy (non-hydrogen) atoms. The van der Waals surface area contributed by atoms with Crippen LogP contribution in [0.15, 0.2) is 12.1 Å². The predicted molar refractivity (Wildman–Crippen MR) is 83.6 cm³/mol. The molecule has 1 fully saturated rings. The summed E-state index contributed by atoms with van der Waals surface area (Å²) in [6.07, 6.45) is 1.80. The van der Waals surface area contributed by atoms with Crippen molar-refractivity contribution < 1.29 is 9.53 Å². The van der Waals surface area contributed by atoms with E-state index < -0.39 is 0 Å². The Morgan fingerprint density at radius 1 is 1.38 bits per heavy atom. The van der Waals surface area contributed by atoms with Gasteiger partial charge in [-0.15, -0.1) is 0 Å². The highest BCUT2D eigenvalue weighted by Gasteiger charge is 2.26. The van der Waals surface area contributed by atoms with Crippen molar-refractivity contribution >= 4 is 11.7 Å². The van der Waals surface area contributed by atoms with Gasteiger partial charge in [0, 0.05) is 17.7 Å². The molecule has 1 aromatic heterocycles. The highest BCUT2D eigenvalue weighted by molar-refractivity contribution is 5.93. The fourth-order valence-corrected chi connectivity index (χ4v) is 2.70. The smallest absolute Gasteiger partial charge is 0.228 e. The monoisotopic (exact) mass is 291 g/mol. The molecule has 5 heteroatoms. The van der Waals surface area contributed by atoms with Crippen LogP contribution in [0.2, 0.25) is 0 Å². The third-order valence-electron chi connectivity index (χ3n) is 4.09.